The molecule has 0 unspecified atom stereocenters. The van der Waals surface area contributed by atoms with Gasteiger partial charge in [0.25, 0.3) is 0 Å². The van der Waals surface area contributed by atoms with E-state index in [1.54, 1.807) is 23.9 Å². The van der Waals surface area contributed by atoms with Crippen LogP contribution in [0.3, 0.4) is 0 Å². The van der Waals surface area contributed by atoms with Crippen molar-refractivity contribution in [3.63, 3.8) is 0 Å². The molecule has 29 heavy (non-hydrogen) atoms. The molecule has 0 aliphatic heterocycles. The summed E-state index contributed by atoms with van der Waals surface area (Å²) in [5.74, 6) is 1.32. The lowest BCUT2D eigenvalue weighted by Gasteiger charge is -2.06. The number of nitrogens with zero attached hydrogens (tertiary/aromatic N) is 1. The number of rotatable bonds is 6. The zero-order valence-electron chi connectivity index (χ0n) is 15.4. The van der Waals surface area contributed by atoms with Gasteiger partial charge in [0.1, 0.15) is 5.69 Å². The summed E-state index contributed by atoms with van der Waals surface area (Å²) in [5.41, 5.74) is 3.32. The summed E-state index contributed by atoms with van der Waals surface area (Å²) in [5, 5.41) is 9.54. The van der Waals surface area contributed by atoms with Gasteiger partial charge >= 0.3 is 0 Å². The van der Waals surface area contributed by atoms with Crippen molar-refractivity contribution in [3.05, 3.63) is 90.7 Å². The molecule has 0 bridgehead atoms. The van der Waals surface area contributed by atoms with Crippen LogP contribution in [0, 0.1) is 0 Å². The topological polar surface area (TPSA) is 86.2 Å². The Morgan fingerprint density at radius 3 is 2.07 bits per heavy atom. The van der Waals surface area contributed by atoms with E-state index in [0.717, 1.165) is 33.0 Å². The van der Waals surface area contributed by atoms with Crippen LogP contribution in [-0.2, 0) is 15.8 Å². The summed E-state index contributed by atoms with van der Waals surface area (Å²) in [6.07, 6.45) is 0. The van der Waals surface area contributed by atoms with Crippen molar-refractivity contribution in [2.45, 2.75) is 15.5 Å². The van der Waals surface area contributed by atoms with Crippen molar-refractivity contribution in [1.29, 1.82) is 0 Å². The van der Waals surface area contributed by atoms with Gasteiger partial charge in [-0.15, -0.1) is 11.8 Å². The quantitative estimate of drug-likeness (QED) is 0.444. The summed E-state index contributed by atoms with van der Waals surface area (Å²) in [6, 6.07) is 26.3. The van der Waals surface area contributed by atoms with Crippen molar-refractivity contribution in [1.82, 2.24) is 5.16 Å². The van der Waals surface area contributed by atoms with Crippen LogP contribution in [0.2, 0.25) is 0 Å². The number of sulfonamides is 1. The van der Waals surface area contributed by atoms with Crippen LogP contribution in [0.4, 0.5) is 0 Å². The largest absolute Gasteiger partial charge is 0.359 e. The fourth-order valence-corrected chi connectivity index (χ4v) is 4.35. The van der Waals surface area contributed by atoms with Crippen LogP contribution in [0.5, 0.6) is 0 Å². The van der Waals surface area contributed by atoms with Crippen LogP contribution in [0.1, 0.15) is 5.76 Å². The van der Waals surface area contributed by atoms with Gasteiger partial charge in [0.2, 0.25) is 10.0 Å². The molecule has 0 aliphatic rings. The SMILES string of the molecule is NS(=O)(=O)c1ccc(-c2c(-c3ccccc3)noc2CSc2ccccc2)cc1. The minimum Gasteiger partial charge on any atom is -0.359 e. The average molecular weight is 423 g/mol. The molecule has 0 radical (unpaired) electrons. The molecule has 0 atom stereocenters. The van der Waals surface area contributed by atoms with Crippen LogP contribution in [-0.4, -0.2) is 13.6 Å². The van der Waals surface area contributed by atoms with E-state index >= 15 is 0 Å². The van der Waals surface area contributed by atoms with Gasteiger partial charge in [-0.1, -0.05) is 65.8 Å². The molecule has 0 fully saturated rings. The van der Waals surface area contributed by atoms with Gasteiger partial charge in [0.15, 0.2) is 5.76 Å². The highest BCUT2D eigenvalue weighted by atomic mass is 32.2. The highest BCUT2D eigenvalue weighted by Gasteiger charge is 2.20. The van der Waals surface area contributed by atoms with Gasteiger partial charge < -0.3 is 4.52 Å². The molecule has 0 aliphatic carbocycles. The highest BCUT2D eigenvalue weighted by molar-refractivity contribution is 7.98. The fraction of sp³-hybridized carbons (Fsp3) is 0.0455. The lowest BCUT2D eigenvalue weighted by atomic mass is 9.99. The Morgan fingerprint density at radius 2 is 1.45 bits per heavy atom. The van der Waals surface area contributed by atoms with Crippen LogP contribution >= 0.6 is 11.8 Å². The minimum absolute atomic E-state index is 0.0687. The first-order valence-electron chi connectivity index (χ1n) is 8.87. The maximum absolute atomic E-state index is 11.6. The van der Waals surface area contributed by atoms with Gasteiger partial charge in [0.05, 0.1) is 16.2 Å². The fourth-order valence-electron chi connectivity index (χ4n) is 2.99. The smallest absolute Gasteiger partial charge is 0.238 e. The van der Waals surface area contributed by atoms with Gasteiger partial charge in [-0.3, -0.25) is 0 Å². The summed E-state index contributed by atoms with van der Waals surface area (Å²) < 4.78 is 28.9. The second-order valence-corrected chi connectivity index (χ2v) is 8.98. The third-order valence-corrected chi connectivity index (χ3v) is 6.34. The molecule has 2 N–H and O–H groups in total. The monoisotopic (exact) mass is 422 g/mol. The molecule has 3 aromatic carbocycles. The lowest BCUT2D eigenvalue weighted by molar-refractivity contribution is 0.398. The number of hydrogen-bond donors (Lipinski definition) is 1. The summed E-state index contributed by atoms with van der Waals surface area (Å²) in [4.78, 5) is 1.19. The molecule has 1 heterocycles. The van der Waals surface area contributed by atoms with Crippen molar-refractivity contribution in [2.75, 3.05) is 0 Å². The first-order chi connectivity index (χ1) is 14.0. The van der Waals surface area contributed by atoms with Gasteiger partial charge in [-0.25, -0.2) is 13.6 Å². The number of benzene rings is 3. The average Bonchev–Trinajstić information content (AvgIpc) is 3.17. The number of thioether (sulfide) groups is 1. The van der Waals surface area contributed by atoms with E-state index in [9.17, 15) is 8.42 Å². The molecule has 1 aromatic heterocycles. The summed E-state index contributed by atoms with van der Waals surface area (Å²) >= 11 is 1.65. The summed E-state index contributed by atoms with van der Waals surface area (Å²) in [7, 11) is -3.75. The second-order valence-electron chi connectivity index (χ2n) is 6.37. The first kappa shape index (κ1) is 19.4. The Kier molecular flexibility index (Phi) is 5.53. The van der Waals surface area contributed by atoms with E-state index < -0.39 is 10.0 Å². The Morgan fingerprint density at radius 1 is 0.828 bits per heavy atom. The first-order valence-corrected chi connectivity index (χ1v) is 11.4. The predicted molar refractivity (Wildman–Crippen MR) is 115 cm³/mol. The maximum atomic E-state index is 11.6. The molecule has 7 heteroatoms. The van der Waals surface area contributed by atoms with E-state index in [1.165, 1.54) is 12.1 Å². The minimum atomic E-state index is -3.75. The molecule has 146 valence electrons. The number of hydrogen-bond acceptors (Lipinski definition) is 5. The van der Waals surface area contributed by atoms with E-state index in [0.29, 0.717) is 5.75 Å². The molecule has 0 spiro atoms. The number of aromatic nitrogens is 1. The molecular formula is C22H18N2O3S2. The molecule has 4 rings (SSSR count). The van der Waals surface area contributed by atoms with E-state index in [4.69, 9.17) is 9.66 Å². The highest BCUT2D eigenvalue weighted by Crippen LogP contribution is 2.37. The number of nitrogens with two attached hydrogens (primary N) is 1. The second kappa shape index (κ2) is 8.24. The Balaban J connectivity index is 1.75. The van der Waals surface area contributed by atoms with Gasteiger partial charge in [-0.2, -0.15) is 0 Å². The molecule has 0 amide bonds. The lowest BCUT2D eigenvalue weighted by Crippen LogP contribution is -2.11. The Hall–Kier alpha value is -2.87. The van der Waals surface area contributed by atoms with E-state index in [2.05, 4.69) is 5.16 Å². The van der Waals surface area contributed by atoms with Crippen molar-refractivity contribution in [3.8, 4) is 22.4 Å². The number of primary sulfonamides is 1. The van der Waals surface area contributed by atoms with E-state index in [1.807, 2.05) is 60.7 Å². The molecule has 4 aromatic rings. The van der Waals surface area contributed by atoms with E-state index in [-0.39, 0.29) is 4.90 Å². The maximum Gasteiger partial charge on any atom is 0.238 e. The standard InChI is InChI=1S/C22H18N2O3S2/c23-29(25,26)19-13-11-16(12-14-19)21-20(15-28-18-9-5-2-6-10-18)27-24-22(21)17-7-3-1-4-8-17/h1-14H,15H2,(H2,23,25,26). The molecule has 0 saturated carbocycles. The third-order valence-electron chi connectivity index (χ3n) is 4.39. The van der Waals surface area contributed by atoms with Gasteiger partial charge in [0, 0.05) is 10.5 Å². The normalized spacial score (nSPS) is 11.5. The zero-order chi connectivity index (χ0) is 20.3. The van der Waals surface area contributed by atoms with Crippen molar-refractivity contribution < 1.29 is 12.9 Å². The predicted octanol–water partition coefficient (Wildman–Crippen LogP) is 4.95. The zero-order valence-corrected chi connectivity index (χ0v) is 17.0. The van der Waals surface area contributed by atoms with Crippen molar-refractivity contribution >= 4 is 21.8 Å². The van der Waals surface area contributed by atoms with Crippen LogP contribution < -0.4 is 5.14 Å². The van der Waals surface area contributed by atoms with Crippen LogP contribution in [0.15, 0.2) is 99.2 Å². The summed E-state index contributed by atoms with van der Waals surface area (Å²) in [6.45, 7) is 0. The van der Waals surface area contributed by atoms with Gasteiger partial charge in [-0.05, 0) is 29.8 Å². The Bertz CT molecular complexity index is 1200. The third kappa shape index (κ3) is 4.42. The molecular weight excluding hydrogens is 404 g/mol. The molecule has 0 saturated heterocycles. The molecule has 5 nitrogen and oxygen atoms in total. The van der Waals surface area contributed by atoms with Crippen LogP contribution in [0.25, 0.3) is 22.4 Å². The van der Waals surface area contributed by atoms with Crippen molar-refractivity contribution in [2.24, 2.45) is 5.14 Å². The Labute approximate surface area is 173 Å².